The number of carbonyl (C=O) groups excluding carboxylic acids is 2. The molecule has 1 atom stereocenters. The number of allylic oxidation sites excluding steroid dienone is 1. The van der Waals surface area contributed by atoms with Crippen LogP contribution in [0.25, 0.3) is 11.5 Å². The first-order chi connectivity index (χ1) is 14.7. The van der Waals surface area contributed by atoms with Crippen LogP contribution < -0.4 is 5.32 Å². The van der Waals surface area contributed by atoms with E-state index in [0.717, 1.165) is 0 Å². The first kappa shape index (κ1) is 20.6. The van der Waals surface area contributed by atoms with Gasteiger partial charge in [0.1, 0.15) is 10.6 Å². The summed E-state index contributed by atoms with van der Waals surface area (Å²) in [6.45, 7) is 1.60. The molecule has 4 heterocycles. The Labute approximate surface area is 178 Å². The molecule has 0 aliphatic carbocycles. The van der Waals surface area contributed by atoms with Crippen molar-refractivity contribution < 1.29 is 23.5 Å². The summed E-state index contributed by atoms with van der Waals surface area (Å²) in [6.07, 6.45) is 6.71. The van der Waals surface area contributed by atoms with Crippen molar-refractivity contribution in [1.29, 1.82) is 0 Å². The van der Waals surface area contributed by atoms with Crippen molar-refractivity contribution in [3.63, 3.8) is 0 Å². The molecule has 0 bridgehead atoms. The smallest absolute Gasteiger partial charge is 0.253 e. The van der Waals surface area contributed by atoms with E-state index >= 15 is 0 Å². The number of hydrogen-bond donors (Lipinski definition) is 1. The summed E-state index contributed by atoms with van der Waals surface area (Å²) < 4.78 is 16.0. The summed E-state index contributed by atoms with van der Waals surface area (Å²) in [5, 5.41) is 3.20. The SMILES string of the molecule is COCC1CC(C(=O)Nc2nc(-c3ccco3)c(C(=O)C3CCOCC3)s2)=CC=N1. The lowest BCUT2D eigenvalue weighted by Gasteiger charge is -2.20. The van der Waals surface area contributed by atoms with Crippen LogP contribution in [0.3, 0.4) is 0 Å². The molecule has 0 spiro atoms. The summed E-state index contributed by atoms with van der Waals surface area (Å²) in [5.41, 5.74) is 1.06. The van der Waals surface area contributed by atoms with Gasteiger partial charge >= 0.3 is 0 Å². The molecular weight excluding hydrogens is 406 g/mol. The fourth-order valence-corrected chi connectivity index (χ4v) is 4.52. The van der Waals surface area contributed by atoms with E-state index in [9.17, 15) is 9.59 Å². The molecule has 1 N–H and O–H groups in total. The van der Waals surface area contributed by atoms with Crippen molar-refractivity contribution in [2.75, 3.05) is 32.2 Å². The van der Waals surface area contributed by atoms with E-state index in [1.54, 1.807) is 31.5 Å². The average molecular weight is 429 g/mol. The lowest BCUT2D eigenvalue weighted by Crippen LogP contribution is -2.23. The van der Waals surface area contributed by atoms with Crippen LogP contribution in [0.4, 0.5) is 5.13 Å². The minimum atomic E-state index is -0.257. The van der Waals surface area contributed by atoms with Gasteiger partial charge in [-0.1, -0.05) is 11.3 Å². The summed E-state index contributed by atoms with van der Waals surface area (Å²) >= 11 is 1.18. The van der Waals surface area contributed by atoms with Crippen LogP contribution in [-0.4, -0.2) is 55.9 Å². The monoisotopic (exact) mass is 429 g/mol. The second-order valence-corrected chi connectivity index (χ2v) is 8.18. The lowest BCUT2D eigenvalue weighted by molar-refractivity contribution is -0.113. The van der Waals surface area contributed by atoms with E-state index in [4.69, 9.17) is 13.9 Å². The van der Waals surface area contributed by atoms with Crippen LogP contribution in [0.2, 0.25) is 0 Å². The van der Waals surface area contributed by atoms with Gasteiger partial charge in [-0.3, -0.25) is 19.9 Å². The van der Waals surface area contributed by atoms with Gasteiger partial charge in [-0.15, -0.1) is 0 Å². The number of thiazole rings is 1. The predicted octanol–water partition coefficient (Wildman–Crippen LogP) is 3.37. The topological polar surface area (TPSA) is 103 Å². The minimum Gasteiger partial charge on any atom is -0.463 e. The van der Waals surface area contributed by atoms with Crippen molar-refractivity contribution in [2.24, 2.45) is 10.9 Å². The number of nitrogens with zero attached hydrogens (tertiary/aromatic N) is 2. The second kappa shape index (κ2) is 9.46. The highest BCUT2D eigenvalue weighted by Gasteiger charge is 2.29. The first-order valence-electron chi connectivity index (χ1n) is 9.85. The van der Waals surface area contributed by atoms with Crippen molar-refractivity contribution in [2.45, 2.75) is 25.3 Å². The Balaban J connectivity index is 1.55. The molecule has 9 heteroatoms. The van der Waals surface area contributed by atoms with E-state index in [1.807, 2.05) is 0 Å². The molecule has 0 saturated carbocycles. The zero-order chi connectivity index (χ0) is 20.9. The average Bonchev–Trinajstić information content (AvgIpc) is 3.44. The molecule has 0 radical (unpaired) electrons. The Bertz CT molecular complexity index is 957. The van der Waals surface area contributed by atoms with E-state index in [-0.39, 0.29) is 23.7 Å². The van der Waals surface area contributed by atoms with E-state index in [1.165, 1.54) is 17.6 Å². The van der Waals surface area contributed by atoms with E-state index < -0.39 is 0 Å². The molecule has 2 aromatic heterocycles. The molecule has 1 unspecified atom stereocenters. The predicted molar refractivity (Wildman–Crippen MR) is 113 cm³/mol. The maximum absolute atomic E-state index is 13.1. The summed E-state index contributed by atoms with van der Waals surface area (Å²) in [4.78, 5) is 35.2. The van der Waals surface area contributed by atoms with Crippen LogP contribution in [0, 0.1) is 5.92 Å². The molecular formula is C21H23N3O5S. The fourth-order valence-electron chi connectivity index (χ4n) is 3.54. The number of hydrogen-bond acceptors (Lipinski definition) is 8. The van der Waals surface area contributed by atoms with E-state index in [0.29, 0.717) is 66.1 Å². The van der Waals surface area contributed by atoms with Crippen molar-refractivity contribution in [3.8, 4) is 11.5 Å². The number of aromatic nitrogens is 1. The van der Waals surface area contributed by atoms with Gasteiger partial charge in [-0.2, -0.15) is 0 Å². The van der Waals surface area contributed by atoms with Gasteiger partial charge in [-0.05, 0) is 31.1 Å². The zero-order valence-electron chi connectivity index (χ0n) is 16.6. The number of methoxy groups -OCH3 is 1. The Morgan fingerprint density at radius 1 is 1.33 bits per heavy atom. The third kappa shape index (κ3) is 4.58. The highest BCUT2D eigenvalue weighted by Crippen LogP contribution is 2.35. The Hall–Kier alpha value is -2.62. The molecule has 2 aromatic rings. The van der Waals surface area contributed by atoms with Gasteiger partial charge in [0.15, 0.2) is 16.7 Å². The third-order valence-electron chi connectivity index (χ3n) is 5.10. The Morgan fingerprint density at radius 2 is 2.17 bits per heavy atom. The first-order valence-corrected chi connectivity index (χ1v) is 10.7. The van der Waals surface area contributed by atoms with Crippen LogP contribution in [0.5, 0.6) is 0 Å². The van der Waals surface area contributed by atoms with Crippen molar-refractivity contribution >= 4 is 34.4 Å². The number of furan rings is 1. The summed E-state index contributed by atoms with van der Waals surface area (Å²) in [7, 11) is 1.61. The number of dihydropyridines is 1. The Morgan fingerprint density at radius 3 is 2.90 bits per heavy atom. The van der Waals surface area contributed by atoms with Gasteiger partial charge in [0.05, 0.1) is 18.9 Å². The molecule has 158 valence electrons. The van der Waals surface area contributed by atoms with E-state index in [2.05, 4.69) is 15.3 Å². The zero-order valence-corrected chi connectivity index (χ0v) is 17.4. The number of rotatable bonds is 7. The van der Waals surface area contributed by atoms with Gasteiger partial charge in [0.25, 0.3) is 5.91 Å². The maximum Gasteiger partial charge on any atom is 0.253 e. The molecule has 2 aliphatic heterocycles. The number of ketones is 1. The molecule has 4 rings (SSSR count). The van der Waals surface area contributed by atoms with Crippen LogP contribution >= 0.6 is 11.3 Å². The highest BCUT2D eigenvalue weighted by molar-refractivity contribution is 7.18. The maximum atomic E-state index is 13.1. The molecule has 1 saturated heterocycles. The highest BCUT2D eigenvalue weighted by atomic mass is 32.1. The van der Waals surface area contributed by atoms with Gasteiger partial charge < -0.3 is 13.9 Å². The third-order valence-corrected chi connectivity index (χ3v) is 6.08. The number of nitrogens with one attached hydrogen (secondary N) is 1. The van der Waals surface area contributed by atoms with Gasteiger partial charge in [0.2, 0.25) is 0 Å². The summed E-state index contributed by atoms with van der Waals surface area (Å²) in [6, 6.07) is 3.43. The number of aliphatic imine (C=N–C) groups is 1. The second-order valence-electron chi connectivity index (χ2n) is 7.18. The van der Waals surface area contributed by atoms with Gasteiger partial charge in [-0.25, -0.2) is 4.98 Å². The standard InChI is InChI=1S/C21H23N3O5S/c1-27-12-15-11-14(4-7-22-15)20(26)24-21-23-17(16-3-2-8-29-16)19(30-21)18(25)13-5-9-28-10-6-13/h2-4,7-8,13,15H,5-6,9-12H2,1H3,(H,23,24,26). The number of carbonyl (C=O) groups is 2. The molecule has 30 heavy (non-hydrogen) atoms. The molecule has 1 fully saturated rings. The molecule has 1 amide bonds. The largest absolute Gasteiger partial charge is 0.463 e. The Kier molecular flexibility index (Phi) is 6.51. The van der Waals surface area contributed by atoms with Crippen LogP contribution in [0.15, 0.2) is 39.5 Å². The molecule has 0 aromatic carbocycles. The number of amides is 1. The fraction of sp³-hybridized carbons (Fsp3) is 0.429. The van der Waals surface area contributed by atoms with Gasteiger partial charge in [0, 0.05) is 44.4 Å². The van der Waals surface area contributed by atoms with Crippen molar-refractivity contribution in [1.82, 2.24) is 4.98 Å². The van der Waals surface area contributed by atoms with Crippen LogP contribution in [-0.2, 0) is 14.3 Å². The summed E-state index contributed by atoms with van der Waals surface area (Å²) in [5.74, 6) is 0.161. The lowest BCUT2D eigenvalue weighted by atomic mass is 9.94. The van der Waals surface area contributed by atoms with Crippen LogP contribution in [0.1, 0.15) is 28.9 Å². The normalized spacial score (nSPS) is 19.5. The molecule has 2 aliphatic rings. The molecule has 8 nitrogen and oxygen atoms in total. The van der Waals surface area contributed by atoms with Crippen molar-refractivity contribution in [3.05, 3.63) is 34.9 Å². The number of Topliss-reactive ketones (excluding diaryl/α,β-unsaturated/α-hetero) is 1. The quantitative estimate of drug-likeness (QED) is 0.677. The number of anilines is 1. The minimum absolute atomic E-state index is 0.0203. The number of ether oxygens (including phenoxy) is 2.